The summed E-state index contributed by atoms with van der Waals surface area (Å²) >= 11 is 0. The first kappa shape index (κ1) is 29.6. The molecule has 0 unspecified atom stereocenters. The zero-order valence-electron chi connectivity index (χ0n) is 28.0. The predicted octanol–water partition coefficient (Wildman–Crippen LogP) is 11.5. The molecule has 0 atom stereocenters. The van der Waals surface area contributed by atoms with E-state index >= 15 is 0 Å². The molecule has 0 aliphatic rings. The molecule has 10 rings (SSSR count). The first-order chi connectivity index (χ1) is 25.8. The number of aromatic nitrogens is 4. The molecule has 0 radical (unpaired) electrons. The third-order valence-electron chi connectivity index (χ3n) is 9.97. The van der Waals surface area contributed by atoms with Crippen LogP contribution >= 0.6 is 0 Å². The average molecular weight is 664 g/mol. The van der Waals surface area contributed by atoms with Gasteiger partial charge in [0.25, 0.3) is 0 Å². The van der Waals surface area contributed by atoms with E-state index in [9.17, 15) is 5.26 Å². The van der Waals surface area contributed by atoms with Crippen molar-refractivity contribution in [2.24, 2.45) is 0 Å². The molecule has 0 N–H and O–H groups in total. The Bertz CT molecular complexity index is 2990. The first-order valence-electron chi connectivity index (χ1n) is 17.3. The van der Waals surface area contributed by atoms with Crippen LogP contribution in [0.15, 0.2) is 176 Å². The molecule has 0 saturated carbocycles. The minimum atomic E-state index is 0.442. The second-order valence-electron chi connectivity index (χ2n) is 12.9. The van der Waals surface area contributed by atoms with Crippen LogP contribution in [-0.4, -0.2) is 19.1 Å². The van der Waals surface area contributed by atoms with Gasteiger partial charge in [-0.1, -0.05) is 127 Å². The van der Waals surface area contributed by atoms with E-state index in [0.717, 1.165) is 71.7 Å². The van der Waals surface area contributed by atoms with E-state index < -0.39 is 0 Å². The van der Waals surface area contributed by atoms with Gasteiger partial charge in [0.1, 0.15) is 11.6 Å². The Kier molecular flexibility index (Phi) is 6.80. The molecule has 0 aliphatic heterocycles. The second kappa shape index (κ2) is 11.9. The molecule has 3 aromatic heterocycles. The van der Waals surface area contributed by atoms with Gasteiger partial charge in [-0.25, -0.2) is 9.97 Å². The molecule has 0 amide bonds. The van der Waals surface area contributed by atoms with E-state index in [1.807, 2.05) is 66.7 Å². The van der Waals surface area contributed by atoms with Gasteiger partial charge in [-0.05, 0) is 48.5 Å². The highest BCUT2D eigenvalue weighted by Crippen LogP contribution is 2.46. The third-order valence-corrected chi connectivity index (χ3v) is 9.97. The summed E-state index contributed by atoms with van der Waals surface area (Å²) in [5.74, 6) is 0.572. The summed E-state index contributed by atoms with van der Waals surface area (Å²) in [6.07, 6.45) is 0. The van der Waals surface area contributed by atoms with Crippen molar-refractivity contribution in [3.63, 3.8) is 0 Å². The molecule has 0 bridgehead atoms. The Balaban J connectivity index is 1.41. The van der Waals surface area contributed by atoms with Crippen molar-refractivity contribution in [2.45, 2.75) is 0 Å². The molecular formula is C47H29N5. The number of benzene rings is 7. The fourth-order valence-corrected chi connectivity index (χ4v) is 7.80. The molecule has 7 aromatic carbocycles. The minimum Gasteiger partial charge on any atom is -0.309 e. The molecule has 0 fully saturated rings. The minimum absolute atomic E-state index is 0.442. The number of hydrogen-bond donors (Lipinski definition) is 0. The zero-order chi connectivity index (χ0) is 34.6. The maximum absolute atomic E-state index is 11.0. The number of hydrogen-bond acceptors (Lipinski definition) is 3. The summed E-state index contributed by atoms with van der Waals surface area (Å²) in [6, 6.07) is 63.0. The number of fused-ring (bicyclic) bond motifs is 7. The van der Waals surface area contributed by atoms with Gasteiger partial charge in [-0.3, -0.25) is 0 Å². The quantitative estimate of drug-likeness (QED) is 0.184. The maximum Gasteiger partial charge on any atom is 0.160 e. The highest BCUT2D eigenvalue weighted by atomic mass is 15.0. The van der Waals surface area contributed by atoms with Crippen LogP contribution < -0.4 is 0 Å². The monoisotopic (exact) mass is 663 g/mol. The molecule has 5 nitrogen and oxygen atoms in total. The van der Waals surface area contributed by atoms with E-state index in [1.165, 1.54) is 0 Å². The Labute approximate surface area is 299 Å². The van der Waals surface area contributed by atoms with Crippen molar-refractivity contribution in [2.75, 3.05) is 0 Å². The number of nitrogens with zero attached hydrogens (tertiary/aromatic N) is 5. The maximum atomic E-state index is 11.0. The normalized spacial score (nSPS) is 11.4. The SMILES string of the molecule is N#Cc1c(-c2ccccc2)nc(-c2ccccc2)nc1-c1cccc2c1c1c3c4ccccc4n(-c4ccccc4)c3ccc1n2-c1ccccc1. The van der Waals surface area contributed by atoms with Gasteiger partial charge in [-0.15, -0.1) is 0 Å². The largest absolute Gasteiger partial charge is 0.309 e. The lowest BCUT2D eigenvalue weighted by atomic mass is 9.95. The van der Waals surface area contributed by atoms with Crippen LogP contribution in [0.2, 0.25) is 0 Å². The summed E-state index contributed by atoms with van der Waals surface area (Å²) in [5, 5.41) is 15.4. The van der Waals surface area contributed by atoms with Crippen molar-refractivity contribution in [1.29, 1.82) is 5.26 Å². The van der Waals surface area contributed by atoms with Crippen LogP contribution in [-0.2, 0) is 0 Å². The Morgan fingerprint density at radius 1 is 0.404 bits per heavy atom. The molecular weight excluding hydrogens is 635 g/mol. The summed E-state index contributed by atoms with van der Waals surface area (Å²) in [5.41, 5.74) is 10.8. The van der Waals surface area contributed by atoms with Crippen LogP contribution in [0.1, 0.15) is 5.56 Å². The number of rotatable bonds is 5. The van der Waals surface area contributed by atoms with Gasteiger partial charge >= 0.3 is 0 Å². The van der Waals surface area contributed by atoms with Crippen LogP contribution in [0.3, 0.4) is 0 Å². The molecule has 52 heavy (non-hydrogen) atoms. The lowest BCUT2D eigenvalue weighted by molar-refractivity contribution is 1.17. The Morgan fingerprint density at radius 3 is 1.56 bits per heavy atom. The predicted molar refractivity (Wildman–Crippen MR) is 212 cm³/mol. The molecule has 0 spiro atoms. The highest BCUT2D eigenvalue weighted by molar-refractivity contribution is 6.31. The van der Waals surface area contributed by atoms with Crippen molar-refractivity contribution < 1.29 is 0 Å². The van der Waals surface area contributed by atoms with E-state index in [4.69, 9.17) is 9.97 Å². The van der Waals surface area contributed by atoms with Gasteiger partial charge in [0, 0.05) is 49.6 Å². The molecule has 10 aromatic rings. The van der Waals surface area contributed by atoms with Gasteiger partial charge < -0.3 is 9.13 Å². The topological polar surface area (TPSA) is 59.4 Å². The molecule has 5 heteroatoms. The Morgan fingerprint density at radius 2 is 0.904 bits per heavy atom. The lowest BCUT2D eigenvalue weighted by Gasteiger charge is -2.13. The van der Waals surface area contributed by atoms with Gasteiger partial charge in [0.2, 0.25) is 0 Å². The van der Waals surface area contributed by atoms with E-state index in [1.54, 1.807) is 0 Å². The fourth-order valence-electron chi connectivity index (χ4n) is 7.80. The van der Waals surface area contributed by atoms with Crippen molar-refractivity contribution in [1.82, 2.24) is 19.1 Å². The summed E-state index contributed by atoms with van der Waals surface area (Å²) in [6.45, 7) is 0. The lowest BCUT2D eigenvalue weighted by Crippen LogP contribution is -2.01. The summed E-state index contributed by atoms with van der Waals surface area (Å²) < 4.78 is 4.69. The van der Waals surface area contributed by atoms with Gasteiger partial charge in [-0.2, -0.15) is 5.26 Å². The number of nitriles is 1. The van der Waals surface area contributed by atoms with Crippen molar-refractivity contribution in [3.05, 3.63) is 181 Å². The Hall–Kier alpha value is -7.29. The molecule has 242 valence electrons. The molecule has 3 heterocycles. The molecule has 0 saturated heterocycles. The van der Waals surface area contributed by atoms with Gasteiger partial charge in [0.15, 0.2) is 5.82 Å². The van der Waals surface area contributed by atoms with E-state index in [-0.39, 0.29) is 0 Å². The molecule has 0 aliphatic carbocycles. The summed E-state index contributed by atoms with van der Waals surface area (Å²) in [7, 11) is 0. The third kappa shape index (κ3) is 4.49. The second-order valence-corrected chi connectivity index (χ2v) is 12.9. The number of para-hydroxylation sites is 3. The standard InChI is InChI=1S/C47H29N5/c48-30-37-45(31-16-5-1-6-17-31)49-47(32-18-7-2-8-19-32)50-46(37)36-25-15-27-39-43(36)44-41(52(39)34-22-11-4-12-23-34)29-28-40-42(44)35-24-13-14-26-38(35)51(40)33-20-9-3-10-21-33/h1-29H. The van der Waals surface area contributed by atoms with Crippen molar-refractivity contribution in [3.8, 4) is 51.3 Å². The van der Waals surface area contributed by atoms with Crippen LogP contribution in [0.4, 0.5) is 0 Å². The fraction of sp³-hybridized carbons (Fsp3) is 0. The van der Waals surface area contributed by atoms with E-state index in [0.29, 0.717) is 22.8 Å². The average Bonchev–Trinajstić information content (AvgIpc) is 3.74. The summed E-state index contributed by atoms with van der Waals surface area (Å²) in [4.78, 5) is 10.3. The zero-order valence-corrected chi connectivity index (χ0v) is 28.0. The first-order valence-corrected chi connectivity index (χ1v) is 17.3. The van der Waals surface area contributed by atoms with Crippen molar-refractivity contribution >= 4 is 43.6 Å². The van der Waals surface area contributed by atoms with Gasteiger partial charge in [0.05, 0.1) is 33.5 Å². The smallest absolute Gasteiger partial charge is 0.160 e. The highest BCUT2D eigenvalue weighted by Gasteiger charge is 2.25. The van der Waals surface area contributed by atoms with Crippen LogP contribution in [0.5, 0.6) is 0 Å². The van der Waals surface area contributed by atoms with E-state index in [2.05, 4.69) is 124 Å². The van der Waals surface area contributed by atoms with Crippen LogP contribution in [0.25, 0.3) is 88.9 Å². The van der Waals surface area contributed by atoms with Crippen LogP contribution in [0, 0.1) is 11.3 Å².